The third-order valence-corrected chi connectivity index (χ3v) is 4.97. The van der Waals surface area contributed by atoms with Gasteiger partial charge in [0.25, 0.3) is 0 Å². The fraction of sp³-hybridized carbons (Fsp3) is 0.562. The summed E-state index contributed by atoms with van der Waals surface area (Å²) < 4.78 is 63.3. The van der Waals surface area contributed by atoms with Crippen molar-refractivity contribution in [3.63, 3.8) is 0 Å². The van der Waals surface area contributed by atoms with Crippen LogP contribution in [0.5, 0.6) is 0 Å². The second-order valence-corrected chi connectivity index (χ2v) is 6.92. The van der Waals surface area contributed by atoms with Crippen molar-refractivity contribution in [1.82, 2.24) is 5.32 Å². The van der Waals surface area contributed by atoms with Gasteiger partial charge in [0.05, 0.1) is 17.0 Å². The molecule has 1 aliphatic heterocycles. The van der Waals surface area contributed by atoms with Crippen molar-refractivity contribution < 1.29 is 26.7 Å². The molecule has 1 atom stereocenters. The molecule has 0 spiro atoms. The van der Waals surface area contributed by atoms with Crippen LogP contribution >= 0.6 is 24.2 Å². The van der Waals surface area contributed by atoms with Gasteiger partial charge in [-0.25, -0.2) is 8.78 Å². The monoisotopic (exact) mass is 418 g/mol. The third kappa shape index (κ3) is 7.28. The van der Waals surface area contributed by atoms with Gasteiger partial charge in [0, 0.05) is 11.3 Å². The molecule has 1 unspecified atom stereocenters. The summed E-state index contributed by atoms with van der Waals surface area (Å²) >= 11 is 0.718. The first-order chi connectivity index (χ1) is 11.8. The number of alkyl halides is 5. The summed E-state index contributed by atoms with van der Waals surface area (Å²) in [6, 6.07) is 2.74. The quantitative estimate of drug-likeness (QED) is 0.493. The van der Waals surface area contributed by atoms with E-state index in [-0.39, 0.29) is 29.4 Å². The largest absolute Gasteiger partial charge is 0.416 e. The minimum atomic E-state index is -4.57. The summed E-state index contributed by atoms with van der Waals surface area (Å²) in [5.41, 5.74) is -1.00. The first-order valence-electron chi connectivity index (χ1n) is 7.88. The van der Waals surface area contributed by atoms with E-state index in [0.29, 0.717) is 12.3 Å². The fourth-order valence-corrected chi connectivity index (χ4v) is 3.33. The van der Waals surface area contributed by atoms with Crippen LogP contribution in [0, 0.1) is 5.92 Å². The Kier molecular flexibility index (Phi) is 9.12. The molecule has 0 saturated carbocycles. The molecular weight excluding hydrogens is 399 g/mol. The number of rotatable bonds is 7. The number of anilines is 1. The molecule has 0 aromatic heterocycles. The smallest absolute Gasteiger partial charge is 0.325 e. The molecule has 0 aliphatic carbocycles. The number of thioether (sulfide) groups is 1. The van der Waals surface area contributed by atoms with Crippen molar-refractivity contribution >= 4 is 35.8 Å². The Balaban J connectivity index is 0.00000338. The highest BCUT2D eigenvalue weighted by atomic mass is 35.5. The van der Waals surface area contributed by atoms with Gasteiger partial charge in [-0.3, -0.25) is 4.79 Å². The molecule has 148 valence electrons. The van der Waals surface area contributed by atoms with Crippen LogP contribution in [0.1, 0.15) is 24.8 Å². The van der Waals surface area contributed by atoms with E-state index in [9.17, 15) is 26.7 Å². The van der Waals surface area contributed by atoms with E-state index in [2.05, 4.69) is 10.6 Å². The molecule has 0 radical (unpaired) electrons. The lowest BCUT2D eigenvalue weighted by atomic mass is 10.0. The van der Waals surface area contributed by atoms with Crippen LogP contribution in [0.4, 0.5) is 27.6 Å². The van der Waals surface area contributed by atoms with Gasteiger partial charge in [-0.2, -0.15) is 13.2 Å². The summed E-state index contributed by atoms with van der Waals surface area (Å²) in [6.07, 6.45) is -5.38. The molecular formula is C16H20ClF5N2OS. The maximum Gasteiger partial charge on any atom is 0.416 e. The van der Waals surface area contributed by atoms with E-state index in [4.69, 9.17) is 0 Å². The van der Waals surface area contributed by atoms with Crippen molar-refractivity contribution in [2.45, 2.75) is 36.8 Å². The maximum absolute atomic E-state index is 12.9. The van der Waals surface area contributed by atoms with E-state index in [1.807, 2.05) is 0 Å². The van der Waals surface area contributed by atoms with E-state index >= 15 is 0 Å². The number of hydrogen-bond donors (Lipinski definition) is 2. The van der Waals surface area contributed by atoms with Crippen molar-refractivity contribution in [1.29, 1.82) is 0 Å². The summed E-state index contributed by atoms with van der Waals surface area (Å²) in [4.78, 5) is 12.2. The minimum absolute atomic E-state index is 0. The van der Waals surface area contributed by atoms with Gasteiger partial charge in [-0.1, -0.05) is 0 Å². The lowest BCUT2D eigenvalue weighted by Crippen LogP contribution is -2.16. The first-order valence-corrected chi connectivity index (χ1v) is 8.87. The second-order valence-electron chi connectivity index (χ2n) is 5.86. The highest BCUT2D eigenvalue weighted by Gasteiger charge is 2.31. The zero-order valence-electron chi connectivity index (χ0n) is 13.7. The van der Waals surface area contributed by atoms with E-state index < -0.39 is 29.8 Å². The van der Waals surface area contributed by atoms with E-state index in [1.54, 1.807) is 0 Å². The predicted molar refractivity (Wildman–Crippen MR) is 94.3 cm³/mol. The highest BCUT2D eigenvalue weighted by molar-refractivity contribution is 7.99. The van der Waals surface area contributed by atoms with Crippen LogP contribution < -0.4 is 10.6 Å². The predicted octanol–water partition coefficient (Wildman–Crippen LogP) is 4.81. The highest BCUT2D eigenvalue weighted by Crippen LogP contribution is 2.36. The Morgan fingerprint density at radius 3 is 2.65 bits per heavy atom. The average Bonchev–Trinajstić information content (AvgIpc) is 3.04. The van der Waals surface area contributed by atoms with Crippen molar-refractivity contribution in [2.24, 2.45) is 5.92 Å². The molecule has 1 aromatic carbocycles. The molecule has 26 heavy (non-hydrogen) atoms. The normalized spacial score (nSPS) is 17.2. The van der Waals surface area contributed by atoms with Crippen LogP contribution in [0.3, 0.4) is 0 Å². The Morgan fingerprint density at radius 1 is 1.35 bits per heavy atom. The van der Waals surface area contributed by atoms with Gasteiger partial charge >= 0.3 is 6.18 Å². The zero-order chi connectivity index (χ0) is 18.4. The molecule has 2 rings (SSSR count). The standard InChI is InChI=1S/C16H19F5N2OS.ClH/c17-14(18)9-25-13-3-2-11(16(19,20)21)7-12(13)23-15(24)4-1-10-5-6-22-8-10;/h2-3,7,10,14,22H,1,4-6,8-9H2,(H,23,24);1H. The molecule has 1 saturated heterocycles. The fourth-order valence-electron chi connectivity index (χ4n) is 2.59. The molecule has 0 bridgehead atoms. The van der Waals surface area contributed by atoms with Gasteiger partial charge in [0.1, 0.15) is 0 Å². The molecule has 1 aliphatic rings. The molecule has 2 N–H and O–H groups in total. The van der Waals surface area contributed by atoms with Gasteiger partial charge in [0.2, 0.25) is 12.3 Å². The molecule has 1 fully saturated rings. The van der Waals surface area contributed by atoms with Crippen LogP contribution in [-0.4, -0.2) is 31.2 Å². The van der Waals surface area contributed by atoms with Gasteiger partial charge in [0.15, 0.2) is 0 Å². The lowest BCUT2D eigenvalue weighted by molar-refractivity contribution is -0.137. The van der Waals surface area contributed by atoms with Gasteiger partial charge in [-0.15, -0.1) is 24.2 Å². The summed E-state index contributed by atoms with van der Waals surface area (Å²) in [5.74, 6) is -0.591. The molecule has 1 amide bonds. The van der Waals surface area contributed by atoms with Gasteiger partial charge in [-0.05, 0) is 50.0 Å². The average molecular weight is 419 g/mol. The number of carbonyl (C=O) groups is 1. The number of amides is 1. The van der Waals surface area contributed by atoms with Crippen LogP contribution in [0.15, 0.2) is 23.1 Å². The number of nitrogens with one attached hydrogen (secondary N) is 2. The first kappa shape index (κ1) is 23.0. The van der Waals surface area contributed by atoms with E-state index in [1.165, 1.54) is 0 Å². The van der Waals surface area contributed by atoms with Crippen LogP contribution in [0.2, 0.25) is 0 Å². The van der Waals surface area contributed by atoms with E-state index in [0.717, 1.165) is 49.5 Å². The summed E-state index contributed by atoms with van der Waals surface area (Å²) in [6.45, 7) is 1.72. The Hall–Kier alpha value is -1.06. The van der Waals surface area contributed by atoms with Crippen molar-refractivity contribution in [3.8, 4) is 0 Å². The zero-order valence-corrected chi connectivity index (χ0v) is 15.4. The lowest BCUT2D eigenvalue weighted by Gasteiger charge is -2.15. The van der Waals surface area contributed by atoms with Gasteiger partial charge < -0.3 is 10.6 Å². The number of hydrogen-bond acceptors (Lipinski definition) is 3. The summed E-state index contributed by atoms with van der Waals surface area (Å²) in [5, 5.41) is 5.62. The van der Waals surface area contributed by atoms with Crippen LogP contribution in [0.25, 0.3) is 0 Å². The number of benzene rings is 1. The molecule has 10 heteroatoms. The van der Waals surface area contributed by atoms with Crippen molar-refractivity contribution in [3.05, 3.63) is 23.8 Å². The molecule has 3 nitrogen and oxygen atoms in total. The summed E-state index contributed by atoms with van der Waals surface area (Å²) in [7, 11) is 0. The van der Waals surface area contributed by atoms with Crippen molar-refractivity contribution in [2.75, 3.05) is 24.2 Å². The Morgan fingerprint density at radius 2 is 2.08 bits per heavy atom. The Bertz CT molecular complexity index is 594. The maximum atomic E-state index is 12.9. The van der Waals surface area contributed by atoms with Crippen LogP contribution in [-0.2, 0) is 11.0 Å². The topological polar surface area (TPSA) is 41.1 Å². The Labute approximate surface area is 158 Å². The minimum Gasteiger partial charge on any atom is -0.325 e. The second kappa shape index (κ2) is 10.3. The molecule has 1 aromatic rings. The SMILES string of the molecule is Cl.O=C(CCC1CCNC1)Nc1cc(C(F)(F)F)ccc1SCC(F)F. The number of halogens is 6. The number of carbonyl (C=O) groups excluding carboxylic acids is 1. The molecule has 1 heterocycles. The third-order valence-electron chi connectivity index (χ3n) is 3.89.